The lowest BCUT2D eigenvalue weighted by Crippen LogP contribution is -1.99. The molecule has 2 heterocycles. The molecule has 0 spiro atoms. The Bertz CT molecular complexity index is 491. The Labute approximate surface area is 107 Å². The Balaban J connectivity index is 1.86. The van der Waals surface area contributed by atoms with Crippen LogP contribution < -0.4 is 5.73 Å². The normalized spacial score (nSPS) is 11.2. The first kappa shape index (κ1) is 12.8. The molecule has 98 valence electrons. The molecule has 2 rings (SSSR count). The van der Waals surface area contributed by atoms with Gasteiger partial charge in [-0.15, -0.1) is 0 Å². The Kier molecular flexibility index (Phi) is 4.50. The Morgan fingerprint density at radius 3 is 2.67 bits per heavy atom. The van der Waals surface area contributed by atoms with Crippen LogP contribution in [0.1, 0.15) is 45.4 Å². The smallest absolute Gasteiger partial charge is 0.165 e. The van der Waals surface area contributed by atoms with Crippen LogP contribution in [-0.4, -0.2) is 19.5 Å². The van der Waals surface area contributed by atoms with Gasteiger partial charge in [-0.2, -0.15) is 0 Å². The summed E-state index contributed by atoms with van der Waals surface area (Å²) in [5, 5.41) is 0. The molecule has 0 radical (unpaired) electrons. The van der Waals surface area contributed by atoms with Gasteiger partial charge < -0.3 is 10.3 Å². The van der Waals surface area contributed by atoms with Crippen molar-refractivity contribution in [3.63, 3.8) is 0 Å². The van der Waals surface area contributed by atoms with Crippen molar-refractivity contribution in [2.75, 3.05) is 5.73 Å². The summed E-state index contributed by atoms with van der Waals surface area (Å²) in [6, 6.07) is 0. The number of nitrogens with two attached hydrogens (primary N) is 1. The highest BCUT2D eigenvalue weighted by Gasteiger charge is 2.06. The molecule has 0 aliphatic rings. The zero-order chi connectivity index (χ0) is 12.8. The van der Waals surface area contributed by atoms with Crippen molar-refractivity contribution in [3.8, 4) is 0 Å². The van der Waals surface area contributed by atoms with Gasteiger partial charge in [0, 0.05) is 6.54 Å². The highest BCUT2D eigenvalue weighted by atomic mass is 15.1. The number of fused-ring (bicyclic) bond motifs is 1. The van der Waals surface area contributed by atoms with Crippen molar-refractivity contribution in [1.29, 1.82) is 0 Å². The minimum atomic E-state index is 0.460. The van der Waals surface area contributed by atoms with Gasteiger partial charge in [0.1, 0.15) is 11.8 Å². The number of aromatic nitrogens is 4. The number of imidazole rings is 1. The number of rotatable bonds is 7. The van der Waals surface area contributed by atoms with Crippen molar-refractivity contribution < 1.29 is 0 Å². The third-order valence-electron chi connectivity index (χ3n) is 3.18. The minimum Gasteiger partial charge on any atom is -0.382 e. The number of hydrogen-bond acceptors (Lipinski definition) is 4. The van der Waals surface area contributed by atoms with E-state index in [-0.39, 0.29) is 0 Å². The third-order valence-corrected chi connectivity index (χ3v) is 3.18. The molecule has 0 aliphatic carbocycles. The zero-order valence-electron chi connectivity index (χ0n) is 11.0. The van der Waals surface area contributed by atoms with E-state index in [0.717, 1.165) is 12.2 Å². The van der Waals surface area contributed by atoms with Crippen LogP contribution >= 0.6 is 0 Å². The molecule has 0 aliphatic heterocycles. The fraction of sp³-hybridized carbons (Fsp3) is 0.615. The standard InChI is InChI=1S/C13H21N5/c1-2-3-4-5-6-7-8-18-10-17-11-12(14)15-9-16-13(11)18/h9-10H,2-8H2,1H3,(H2,14,15,16). The van der Waals surface area contributed by atoms with Crippen LogP contribution in [0, 0.1) is 0 Å². The molecule has 0 atom stereocenters. The van der Waals surface area contributed by atoms with Crippen molar-refractivity contribution in [3.05, 3.63) is 12.7 Å². The molecule has 5 heteroatoms. The fourth-order valence-electron chi connectivity index (χ4n) is 2.12. The highest BCUT2D eigenvalue weighted by Crippen LogP contribution is 2.15. The van der Waals surface area contributed by atoms with Gasteiger partial charge in [0.15, 0.2) is 11.5 Å². The van der Waals surface area contributed by atoms with E-state index in [4.69, 9.17) is 5.73 Å². The molecule has 5 nitrogen and oxygen atoms in total. The van der Waals surface area contributed by atoms with E-state index in [1.54, 1.807) is 0 Å². The summed E-state index contributed by atoms with van der Waals surface area (Å²) in [6.45, 7) is 3.20. The first-order valence-corrected chi connectivity index (χ1v) is 6.74. The number of nitrogen functional groups attached to an aromatic ring is 1. The quantitative estimate of drug-likeness (QED) is 0.764. The lowest BCUT2D eigenvalue weighted by molar-refractivity contribution is 0.562. The summed E-state index contributed by atoms with van der Waals surface area (Å²) in [6.07, 6.45) is 11.0. The molecular weight excluding hydrogens is 226 g/mol. The molecule has 0 amide bonds. The SMILES string of the molecule is CCCCCCCCn1cnc2c(N)ncnc21. The van der Waals surface area contributed by atoms with Crippen LogP contribution in [0.15, 0.2) is 12.7 Å². The first-order valence-electron chi connectivity index (χ1n) is 6.74. The topological polar surface area (TPSA) is 69.6 Å². The fourth-order valence-corrected chi connectivity index (χ4v) is 2.12. The summed E-state index contributed by atoms with van der Waals surface area (Å²) in [4.78, 5) is 12.4. The second kappa shape index (κ2) is 6.33. The van der Waals surface area contributed by atoms with Crippen LogP contribution in [0.4, 0.5) is 5.82 Å². The molecule has 0 unspecified atom stereocenters. The van der Waals surface area contributed by atoms with E-state index in [1.165, 1.54) is 44.9 Å². The molecule has 0 bridgehead atoms. The molecule has 0 fully saturated rings. The van der Waals surface area contributed by atoms with Crippen LogP contribution in [-0.2, 0) is 6.54 Å². The summed E-state index contributed by atoms with van der Waals surface area (Å²) in [5.41, 5.74) is 7.31. The summed E-state index contributed by atoms with van der Waals surface area (Å²) < 4.78 is 2.06. The van der Waals surface area contributed by atoms with Gasteiger partial charge in [0.05, 0.1) is 6.33 Å². The van der Waals surface area contributed by atoms with Crippen LogP contribution in [0.3, 0.4) is 0 Å². The van der Waals surface area contributed by atoms with E-state index in [9.17, 15) is 0 Å². The average Bonchev–Trinajstić information content (AvgIpc) is 2.79. The Morgan fingerprint density at radius 1 is 1.06 bits per heavy atom. The van der Waals surface area contributed by atoms with E-state index in [0.29, 0.717) is 11.3 Å². The predicted molar refractivity (Wildman–Crippen MR) is 73.1 cm³/mol. The maximum atomic E-state index is 5.75. The number of hydrogen-bond donors (Lipinski definition) is 1. The van der Waals surface area contributed by atoms with E-state index in [1.807, 2.05) is 6.33 Å². The summed E-state index contributed by atoms with van der Waals surface area (Å²) >= 11 is 0. The second-order valence-corrected chi connectivity index (χ2v) is 4.64. The molecule has 2 N–H and O–H groups in total. The summed E-state index contributed by atoms with van der Waals surface area (Å²) in [7, 11) is 0. The number of aryl methyl sites for hydroxylation is 1. The van der Waals surface area contributed by atoms with Crippen molar-refractivity contribution in [1.82, 2.24) is 19.5 Å². The molecule has 0 saturated carbocycles. The second-order valence-electron chi connectivity index (χ2n) is 4.64. The van der Waals surface area contributed by atoms with E-state index in [2.05, 4.69) is 26.4 Å². The van der Waals surface area contributed by atoms with Gasteiger partial charge in [-0.3, -0.25) is 0 Å². The lowest BCUT2D eigenvalue weighted by Gasteiger charge is -2.03. The molecular formula is C13H21N5. The predicted octanol–water partition coefficient (Wildman–Crippen LogP) is 2.77. The van der Waals surface area contributed by atoms with Gasteiger partial charge in [-0.1, -0.05) is 39.0 Å². The number of nitrogens with zero attached hydrogens (tertiary/aromatic N) is 4. The number of unbranched alkanes of at least 4 members (excludes halogenated alkanes) is 5. The van der Waals surface area contributed by atoms with E-state index >= 15 is 0 Å². The van der Waals surface area contributed by atoms with Crippen LogP contribution in [0.25, 0.3) is 11.2 Å². The molecule has 0 saturated heterocycles. The maximum absolute atomic E-state index is 5.75. The van der Waals surface area contributed by atoms with Crippen molar-refractivity contribution in [2.24, 2.45) is 0 Å². The highest BCUT2D eigenvalue weighted by molar-refractivity contribution is 5.80. The molecule has 2 aromatic rings. The van der Waals surface area contributed by atoms with Crippen LogP contribution in [0.2, 0.25) is 0 Å². The molecule has 2 aromatic heterocycles. The summed E-state index contributed by atoms with van der Waals surface area (Å²) in [5.74, 6) is 0.460. The first-order chi connectivity index (χ1) is 8.83. The molecule has 18 heavy (non-hydrogen) atoms. The van der Waals surface area contributed by atoms with Crippen molar-refractivity contribution >= 4 is 17.0 Å². The third kappa shape index (κ3) is 2.97. The molecule has 0 aromatic carbocycles. The zero-order valence-corrected chi connectivity index (χ0v) is 11.0. The average molecular weight is 247 g/mol. The maximum Gasteiger partial charge on any atom is 0.165 e. The lowest BCUT2D eigenvalue weighted by atomic mass is 10.1. The van der Waals surface area contributed by atoms with Crippen LogP contribution in [0.5, 0.6) is 0 Å². The Hall–Kier alpha value is -1.65. The Morgan fingerprint density at radius 2 is 1.83 bits per heavy atom. The monoisotopic (exact) mass is 247 g/mol. The van der Waals surface area contributed by atoms with Gasteiger partial charge in [-0.05, 0) is 6.42 Å². The number of anilines is 1. The van der Waals surface area contributed by atoms with Gasteiger partial charge in [0.2, 0.25) is 0 Å². The van der Waals surface area contributed by atoms with Gasteiger partial charge in [-0.25, -0.2) is 15.0 Å². The van der Waals surface area contributed by atoms with Crippen molar-refractivity contribution in [2.45, 2.75) is 52.0 Å². The largest absolute Gasteiger partial charge is 0.382 e. The van der Waals surface area contributed by atoms with Gasteiger partial charge in [0.25, 0.3) is 0 Å². The van der Waals surface area contributed by atoms with Gasteiger partial charge >= 0.3 is 0 Å². The van der Waals surface area contributed by atoms with E-state index < -0.39 is 0 Å². The minimum absolute atomic E-state index is 0.460.